The number of methoxy groups -OCH3 is 1. The van der Waals surface area contributed by atoms with Crippen LogP contribution in [0.25, 0.3) is 11.3 Å². The molecule has 0 unspecified atom stereocenters. The number of rotatable bonds is 5. The van der Waals surface area contributed by atoms with Crippen LogP contribution in [0.15, 0.2) is 24.3 Å². The molecule has 1 heterocycles. The van der Waals surface area contributed by atoms with Gasteiger partial charge in [-0.3, -0.25) is 5.10 Å². The Morgan fingerprint density at radius 2 is 2.15 bits per heavy atom. The number of carboxylic acids is 1. The summed E-state index contributed by atoms with van der Waals surface area (Å²) < 4.78 is 11.0. The van der Waals surface area contributed by atoms with Gasteiger partial charge in [0.05, 0.1) is 18.9 Å². The van der Waals surface area contributed by atoms with Crippen molar-refractivity contribution in [1.29, 1.82) is 0 Å². The lowest BCUT2D eigenvalue weighted by Gasteiger charge is -2.10. The van der Waals surface area contributed by atoms with Gasteiger partial charge in [0.1, 0.15) is 5.69 Å². The Hall–Kier alpha value is -2.50. The van der Waals surface area contributed by atoms with Crippen molar-refractivity contribution >= 4 is 5.97 Å². The lowest BCUT2D eigenvalue weighted by Crippen LogP contribution is -1.98. The van der Waals surface area contributed by atoms with Crippen LogP contribution in [0.1, 0.15) is 23.3 Å². The predicted molar refractivity (Wildman–Crippen MR) is 71.2 cm³/mol. The molecule has 2 N–H and O–H groups in total. The van der Waals surface area contributed by atoms with E-state index in [1.807, 2.05) is 12.1 Å². The maximum Gasteiger partial charge on any atom is 0.353 e. The third-order valence-electron chi connectivity index (χ3n) is 3.09. The summed E-state index contributed by atoms with van der Waals surface area (Å²) in [4.78, 5) is 10.8. The van der Waals surface area contributed by atoms with Crippen LogP contribution < -0.4 is 9.47 Å². The standard InChI is InChI=1S/C14H14N2O4/c1-19-13-6-8(2-5-12(13)20-9-3-4-9)10-7-11(14(17)18)16-15-10/h2,5-7,9H,3-4H2,1H3,(H,15,16)(H,17,18). The van der Waals surface area contributed by atoms with Gasteiger partial charge in [-0.25, -0.2) is 4.79 Å². The molecule has 0 saturated heterocycles. The van der Waals surface area contributed by atoms with Crippen molar-refractivity contribution < 1.29 is 19.4 Å². The number of aromatic amines is 1. The van der Waals surface area contributed by atoms with Gasteiger partial charge < -0.3 is 14.6 Å². The molecule has 0 radical (unpaired) electrons. The first-order valence-electron chi connectivity index (χ1n) is 6.31. The second-order valence-electron chi connectivity index (χ2n) is 4.65. The van der Waals surface area contributed by atoms with Crippen molar-refractivity contribution in [3.05, 3.63) is 30.0 Å². The van der Waals surface area contributed by atoms with Gasteiger partial charge in [0.15, 0.2) is 11.5 Å². The molecule has 6 nitrogen and oxygen atoms in total. The highest BCUT2D eigenvalue weighted by Gasteiger charge is 2.25. The molecule has 1 aromatic heterocycles. The number of benzene rings is 1. The summed E-state index contributed by atoms with van der Waals surface area (Å²) in [6.07, 6.45) is 2.44. The molecule has 1 fully saturated rings. The molecule has 20 heavy (non-hydrogen) atoms. The van der Waals surface area contributed by atoms with Crippen molar-refractivity contribution in [1.82, 2.24) is 10.2 Å². The van der Waals surface area contributed by atoms with E-state index >= 15 is 0 Å². The molecular formula is C14H14N2O4. The van der Waals surface area contributed by atoms with Crippen LogP contribution in [0.2, 0.25) is 0 Å². The van der Waals surface area contributed by atoms with Gasteiger partial charge in [-0.05, 0) is 37.1 Å². The summed E-state index contributed by atoms with van der Waals surface area (Å²) in [6.45, 7) is 0. The van der Waals surface area contributed by atoms with Crippen molar-refractivity contribution in [3.8, 4) is 22.8 Å². The normalized spacial score (nSPS) is 14.1. The summed E-state index contributed by atoms with van der Waals surface area (Å²) in [5.41, 5.74) is 1.38. The average Bonchev–Trinajstić information content (AvgIpc) is 3.11. The first kappa shape index (κ1) is 12.5. The maximum absolute atomic E-state index is 10.8. The monoisotopic (exact) mass is 274 g/mol. The molecule has 6 heteroatoms. The second kappa shape index (κ2) is 4.88. The third-order valence-corrected chi connectivity index (χ3v) is 3.09. The smallest absolute Gasteiger partial charge is 0.353 e. The Balaban J connectivity index is 1.90. The number of nitrogens with one attached hydrogen (secondary N) is 1. The van der Waals surface area contributed by atoms with E-state index in [4.69, 9.17) is 14.6 Å². The lowest BCUT2D eigenvalue weighted by molar-refractivity contribution is 0.0690. The number of ether oxygens (including phenoxy) is 2. The summed E-state index contributed by atoms with van der Waals surface area (Å²) in [5, 5.41) is 15.3. The van der Waals surface area contributed by atoms with Crippen LogP contribution in [-0.2, 0) is 0 Å². The minimum absolute atomic E-state index is 0.0530. The van der Waals surface area contributed by atoms with Crippen molar-refractivity contribution in [2.24, 2.45) is 0 Å². The fourth-order valence-corrected chi connectivity index (χ4v) is 1.87. The fraction of sp³-hybridized carbons (Fsp3) is 0.286. The Kier molecular flexibility index (Phi) is 3.06. The van der Waals surface area contributed by atoms with E-state index in [1.165, 1.54) is 6.07 Å². The van der Waals surface area contributed by atoms with Gasteiger partial charge in [-0.2, -0.15) is 5.10 Å². The van der Waals surface area contributed by atoms with Gasteiger partial charge >= 0.3 is 5.97 Å². The largest absolute Gasteiger partial charge is 0.493 e. The summed E-state index contributed by atoms with van der Waals surface area (Å²) in [7, 11) is 1.58. The number of hydrogen-bond acceptors (Lipinski definition) is 4. The highest BCUT2D eigenvalue weighted by molar-refractivity contribution is 5.86. The molecular weight excluding hydrogens is 260 g/mol. The van der Waals surface area contributed by atoms with E-state index in [0.29, 0.717) is 23.3 Å². The topological polar surface area (TPSA) is 84.4 Å². The number of nitrogens with zero attached hydrogens (tertiary/aromatic N) is 1. The highest BCUT2D eigenvalue weighted by Crippen LogP contribution is 2.36. The lowest BCUT2D eigenvalue weighted by atomic mass is 10.1. The van der Waals surface area contributed by atoms with Crippen molar-refractivity contribution in [2.45, 2.75) is 18.9 Å². The average molecular weight is 274 g/mol. The van der Waals surface area contributed by atoms with E-state index in [0.717, 1.165) is 18.4 Å². The Morgan fingerprint density at radius 3 is 2.75 bits per heavy atom. The van der Waals surface area contributed by atoms with Crippen LogP contribution in [0.5, 0.6) is 11.5 Å². The predicted octanol–water partition coefficient (Wildman–Crippen LogP) is 2.32. The first-order chi connectivity index (χ1) is 9.67. The highest BCUT2D eigenvalue weighted by atomic mass is 16.5. The minimum atomic E-state index is -1.04. The Labute approximate surface area is 115 Å². The SMILES string of the molecule is COc1cc(-c2cc(C(=O)O)[nH]n2)ccc1OC1CC1. The van der Waals surface area contributed by atoms with Crippen molar-refractivity contribution in [3.63, 3.8) is 0 Å². The Bertz CT molecular complexity index is 646. The Morgan fingerprint density at radius 1 is 1.35 bits per heavy atom. The molecule has 2 aromatic rings. The van der Waals surface area contributed by atoms with Gasteiger partial charge in [0, 0.05) is 5.56 Å². The first-order valence-corrected chi connectivity index (χ1v) is 6.31. The van der Waals surface area contributed by atoms with Crippen LogP contribution >= 0.6 is 0 Å². The van der Waals surface area contributed by atoms with Gasteiger partial charge in [-0.15, -0.1) is 0 Å². The molecule has 0 spiro atoms. The van der Waals surface area contributed by atoms with Crippen LogP contribution in [-0.4, -0.2) is 34.5 Å². The number of H-pyrrole nitrogens is 1. The van der Waals surface area contributed by atoms with Gasteiger partial charge in [-0.1, -0.05) is 0 Å². The van der Waals surface area contributed by atoms with E-state index in [-0.39, 0.29) is 5.69 Å². The zero-order valence-electron chi connectivity index (χ0n) is 10.9. The number of carboxylic acid groups (broad SMARTS) is 1. The zero-order valence-corrected chi connectivity index (χ0v) is 10.9. The van der Waals surface area contributed by atoms with E-state index < -0.39 is 5.97 Å². The molecule has 3 rings (SSSR count). The van der Waals surface area contributed by atoms with Crippen LogP contribution in [0.3, 0.4) is 0 Å². The van der Waals surface area contributed by atoms with Crippen molar-refractivity contribution in [2.75, 3.05) is 7.11 Å². The van der Waals surface area contributed by atoms with Gasteiger partial charge in [0.2, 0.25) is 0 Å². The molecule has 0 aliphatic heterocycles. The fourth-order valence-electron chi connectivity index (χ4n) is 1.87. The molecule has 0 amide bonds. The van der Waals surface area contributed by atoms with E-state index in [1.54, 1.807) is 13.2 Å². The quantitative estimate of drug-likeness (QED) is 0.874. The number of carbonyl (C=O) groups is 1. The van der Waals surface area contributed by atoms with Gasteiger partial charge in [0.25, 0.3) is 0 Å². The minimum Gasteiger partial charge on any atom is -0.493 e. The molecule has 104 valence electrons. The van der Waals surface area contributed by atoms with Crippen LogP contribution in [0, 0.1) is 0 Å². The number of hydrogen-bond donors (Lipinski definition) is 2. The molecule has 1 aliphatic rings. The summed E-state index contributed by atoms with van der Waals surface area (Å²) >= 11 is 0. The van der Waals surface area contributed by atoms with Crippen LogP contribution in [0.4, 0.5) is 0 Å². The summed E-state index contributed by atoms with van der Waals surface area (Å²) in [5.74, 6) is 0.284. The molecule has 1 aromatic carbocycles. The summed E-state index contributed by atoms with van der Waals surface area (Å²) in [6, 6.07) is 6.93. The third kappa shape index (κ3) is 2.45. The van der Waals surface area contributed by atoms with E-state index in [9.17, 15) is 4.79 Å². The molecule has 1 saturated carbocycles. The molecule has 0 bridgehead atoms. The van der Waals surface area contributed by atoms with E-state index in [2.05, 4.69) is 10.2 Å². The number of aromatic nitrogens is 2. The number of aromatic carboxylic acids is 1. The zero-order chi connectivity index (χ0) is 14.1. The maximum atomic E-state index is 10.8. The second-order valence-corrected chi connectivity index (χ2v) is 4.65. The molecule has 0 atom stereocenters. The molecule has 1 aliphatic carbocycles.